The van der Waals surface area contributed by atoms with Crippen molar-refractivity contribution in [3.63, 3.8) is 0 Å². The van der Waals surface area contributed by atoms with Crippen molar-refractivity contribution < 1.29 is 0 Å². The van der Waals surface area contributed by atoms with Crippen LogP contribution in [-0.4, -0.2) is 17.6 Å². The zero-order valence-electron chi connectivity index (χ0n) is 12.3. The highest BCUT2D eigenvalue weighted by molar-refractivity contribution is 5.90. The van der Waals surface area contributed by atoms with Crippen molar-refractivity contribution in [1.29, 1.82) is 0 Å². The van der Waals surface area contributed by atoms with E-state index in [0.717, 1.165) is 13.0 Å². The van der Waals surface area contributed by atoms with Crippen LogP contribution >= 0.6 is 0 Å². The predicted octanol–water partition coefficient (Wildman–Crippen LogP) is 4.13. The largest absolute Gasteiger partial charge is 0.368 e. The van der Waals surface area contributed by atoms with Crippen LogP contribution in [0.4, 0.5) is 5.69 Å². The first-order chi connectivity index (χ1) is 9.09. The maximum Gasteiger partial charge on any atom is 0.0758 e. The van der Waals surface area contributed by atoms with Gasteiger partial charge in [0.2, 0.25) is 0 Å². The van der Waals surface area contributed by atoms with Gasteiger partial charge in [0, 0.05) is 35.4 Å². The quantitative estimate of drug-likeness (QED) is 0.801. The zero-order valence-corrected chi connectivity index (χ0v) is 12.3. The summed E-state index contributed by atoms with van der Waals surface area (Å²) in [5.41, 5.74) is 5.45. The Balaban J connectivity index is 2.23. The summed E-state index contributed by atoms with van der Waals surface area (Å²) in [6, 6.07) is 7.27. The lowest BCUT2D eigenvalue weighted by Crippen LogP contribution is -2.28. The van der Waals surface area contributed by atoms with Gasteiger partial charge >= 0.3 is 0 Å². The molecule has 0 N–H and O–H groups in total. The summed E-state index contributed by atoms with van der Waals surface area (Å²) in [7, 11) is 0. The third-order valence-electron chi connectivity index (χ3n) is 4.18. The van der Waals surface area contributed by atoms with E-state index in [1.54, 1.807) is 0 Å². The Hall–Kier alpha value is -1.57. The molecule has 0 atom stereocenters. The highest BCUT2D eigenvalue weighted by Crippen LogP contribution is 2.36. The van der Waals surface area contributed by atoms with Gasteiger partial charge in [-0.15, -0.1) is 0 Å². The smallest absolute Gasteiger partial charge is 0.0758 e. The fourth-order valence-electron chi connectivity index (χ4n) is 3.20. The molecular formula is C17H22N2. The number of hydrogen-bond donors (Lipinski definition) is 0. The number of nitrogens with zero attached hydrogens (tertiary/aromatic N) is 2. The van der Waals surface area contributed by atoms with Gasteiger partial charge in [-0.25, -0.2) is 0 Å². The van der Waals surface area contributed by atoms with E-state index in [-0.39, 0.29) is 0 Å². The molecule has 0 fully saturated rings. The van der Waals surface area contributed by atoms with E-state index in [1.807, 2.05) is 6.20 Å². The summed E-state index contributed by atoms with van der Waals surface area (Å²) in [5, 5.41) is 1.34. The Morgan fingerprint density at radius 2 is 1.89 bits per heavy atom. The van der Waals surface area contributed by atoms with E-state index >= 15 is 0 Å². The highest BCUT2D eigenvalue weighted by atomic mass is 15.2. The van der Waals surface area contributed by atoms with Crippen molar-refractivity contribution in [2.45, 2.75) is 46.1 Å². The Bertz CT molecular complexity index is 614. The van der Waals surface area contributed by atoms with Crippen LogP contribution in [0.1, 0.15) is 44.7 Å². The van der Waals surface area contributed by atoms with Gasteiger partial charge in [-0.1, -0.05) is 19.9 Å². The van der Waals surface area contributed by atoms with Gasteiger partial charge in [0.1, 0.15) is 0 Å². The van der Waals surface area contributed by atoms with Crippen LogP contribution in [0.2, 0.25) is 0 Å². The monoisotopic (exact) mass is 254 g/mol. The second-order valence-electron chi connectivity index (χ2n) is 6.05. The number of benzene rings is 1. The third kappa shape index (κ3) is 1.90. The standard InChI is InChI=1S/C17H22N2/c1-11(2)13-7-9-18-17-14(13)5-6-16-15(17)8-10-19(16)12(3)4/h5-7,9,11-12H,8,10H2,1-4H3. The van der Waals surface area contributed by atoms with Gasteiger partial charge < -0.3 is 4.90 Å². The number of aromatic nitrogens is 1. The SMILES string of the molecule is CC(C)c1ccnc2c3c(ccc12)N(C(C)C)CC3. The molecule has 0 spiro atoms. The molecule has 2 aromatic rings. The summed E-state index contributed by atoms with van der Waals surface area (Å²) in [6.45, 7) is 10.2. The van der Waals surface area contributed by atoms with Crippen molar-refractivity contribution in [2.75, 3.05) is 11.4 Å². The van der Waals surface area contributed by atoms with Gasteiger partial charge in [-0.3, -0.25) is 4.98 Å². The molecule has 1 aromatic heterocycles. The first kappa shape index (κ1) is 12.5. The van der Waals surface area contributed by atoms with Crippen molar-refractivity contribution >= 4 is 16.6 Å². The average Bonchev–Trinajstić information content (AvgIpc) is 2.81. The molecule has 0 amide bonds. The maximum absolute atomic E-state index is 4.66. The van der Waals surface area contributed by atoms with Gasteiger partial charge in [0.15, 0.2) is 0 Å². The summed E-state index contributed by atoms with van der Waals surface area (Å²) < 4.78 is 0. The molecule has 0 bridgehead atoms. The number of hydrogen-bond acceptors (Lipinski definition) is 2. The Labute approximate surface area is 115 Å². The van der Waals surface area contributed by atoms with E-state index in [9.17, 15) is 0 Å². The lowest BCUT2D eigenvalue weighted by atomic mass is 9.96. The summed E-state index contributed by atoms with van der Waals surface area (Å²) >= 11 is 0. The first-order valence-corrected chi connectivity index (χ1v) is 7.26. The molecule has 100 valence electrons. The Morgan fingerprint density at radius 3 is 2.58 bits per heavy atom. The lowest BCUT2D eigenvalue weighted by Gasteiger charge is -2.24. The molecule has 3 rings (SSSR count). The average molecular weight is 254 g/mol. The predicted molar refractivity (Wildman–Crippen MR) is 82.0 cm³/mol. The molecule has 0 saturated carbocycles. The summed E-state index contributed by atoms with van der Waals surface area (Å²) in [6.07, 6.45) is 3.09. The number of rotatable bonds is 2. The summed E-state index contributed by atoms with van der Waals surface area (Å²) in [4.78, 5) is 7.15. The van der Waals surface area contributed by atoms with Crippen LogP contribution in [0.25, 0.3) is 10.9 Å². The molecular weight excluding hydrogens is 232 g/mol. The topological polar surface area (TPSA) is 16.1 Å². The van der Waals surface area contributed by atoms with Gasteiger partial charge in [0.05, 0.1) is 5.52 Å². The van der Waals surface area contributed by atoms with Crippen molar-refractivity contribution in [3.8, 4) is 0 Å². The second-order valence-corrected chi connectivity index (χ2v) is 6.05. The highest BCUT2D eigenvalue weighted by Gasteiger charge is 2.24. The van der Waals surface area contributed by atoms with Crippen LogP contribution in [0, 0.1) is 0 Å². The fourth-order valence-corrected chi connectivity index (χ4v) is 3.20. The minimum absolute atomic E-state index is 0.547. The lowest BCUT2D eigenvalue weighted by molar-refractivity contribution is 0.710. The summed E-state index contributed by atoms with van der Waals surface area (Å²) in [5.74, 6) is 0.547. The molecule has 19 heavy (non-hydrogen) atoms. The molecule has 1 aliphatic rings. The van der Waals surface area contributed by atoms with E-state index in [0.29, 0.717) is 12.0 Å². The van der Waals surface area contributed by atoms with Crippen LogP contribution in [0.15, 0.2) is 24.4 Å². The van der Waals surface area contributed by atoms with Crippen molar-refractivity contribution in [3.05, 3.63) is 35.5 Å². The van der Waals surface area contributed by atoms with Crippen LogP contribution in [-0.2, 0) is 6.42 Å². The van der Waals surface area contributed by atoms with Crippen LogP contribution < -0.4 is 4.90 Å². The molecule has 1 aliphatic heterocycles. The molecule has 0 saturated heterocycles. The second kappa shape index (κ2) is 4.52. The minimum atomic E-state index is 0.547. The van der Waals surface area contributed by atoms with Crippen LogP contribution in [0.5, 0.6) is 0 Å². The van der Waals surface area contributed by atoms with E-state index in [2.05, 4.69) is 55.8 Å². The van der Waals surface area contributed by atoms with Gasteiger partial charge in [0.25, 0.3) is 0 Å². The normalized spacial score (nSPS) is 14.7. The fraction of sp³-hybridized carbons (Fsp3) is 0.471. The number of fused-ring (bicyclic) bond motifs is 3. The Morgan fingerprint density at radius 1 is 1.11 bits per heavy atom. The third-order valence-corrected chi connectivity index (χ3v) is 4.18. The molecule has 2 heterocycles. The Kier molecular flexibility index (Phi) is 2.96. The first-order valence-electron chi connectivity index (χ1n) is 7.26. The zero-order chi connectivity index (χ0) is 13.6. The van der Waals surface area contributed by atoms with E-state index in [1.165, 1.54) is 27.7 Å². The van der Waals surface area contributed by atoms with E-state index in [4.69, 9.17) is 0 Å². The number of anilines is 1. The molecule has 0 unspecified atom stereocenters. The maximum atomic E-state index is 4.66. The molecule has 0 aliphatic carbocycles. The molecule has 2 nitrogen and oxygen atoms in total. The molecule has 2 heteroatoms. The van der Waals surface area contributed by atoms with Crippen LogP contribution in [0.3, 0.4) is 0 Å². The molecule has 0 radical (unpaired) electrons. The minimum Gasteiger partial charge on any atom is -0.368 e. The van der Waals surface area contributed by atoms with Gasteiger partial charge in [-0.2, -0.15) is 0 Å². The molecule has 1 aromatic carbocycles. The van der Waals surface area contributed by atoms with Gasteiger partial charge in [-0.05, 0) is 43.9 Å². The van der Waals surface area contributed by atoms with Crippen molar-refractivity contribution in [2.24, 2.45) is 0 Å². The van der Waals surface area contributed by atoms with Crippen molar-refractivity contribution in [1.82, 2.24) is 4.98 Å². The van der Waals surface area contributed by atoms with E-state index < -0.39 is 0 Å². The number of pyridine rings is 1.